The Balaban J connectivity index is 2.03. The van der Waals surface area contributed by atoms with E-state index in [1.165, 1.54) is 11.6 Å². The molecule has 3 nitrogen and oxygen atoms in total. The number of hydrogen-bond acceptors (Lipinski definition) is 2. The van der Waals surface area contributed by atoms with Crippen LogP contribution in [0.5, 0.6) is 5.75 Å². The lowest BCUT2D eigenvalue weighted by Gasteiger charge is -2.14. The van der Waals surface area contributed by atoms with Gasteiger partial charge in [-0.2, -0.15) is 0 Å². The number of carbonyl (C=O) groups excluding carboxylic acids is 1. The first-order chi connectivity index (χ1) is 10.5. The fourth-order valence-electron chi connectivity index (χ4n) is 2.40. The third kappa shape index (κ3) is 4.35. The molecular weight excluding hydrogens is 274 g/mol. The molecule has 0 heterocycles. The highest BCUT2D eigenvalue weighted by Gasteiger charge is 2.15. The van der Waals surface area contributed by atoms with E-state index in [1.54, 1.807) is 18.2 Å². The smallest absolute Gasteiger partial charge is 0.231 e. The van der Waals surface area contributed by atoms with Gasteiger partial charge in [0, 0.05) is 11.8 Å². The summed E-state index contributed by atoms with van der Waals surface area (Å²) in [6.45, 7) is 6.27. The predicted octanol–water partition coefficient (Wildman–Crippen LogP) is 4.33. The molecule has 0 bridgehead atoms. The first-order valence-electron chi connectivity index (χ1n) is 7.64. The predicted molar refractivity (Wildman–Crippen MR) is 90.1 cm³/mol. The quantitative estimate of drug-likeness (QED) is 0.863. The van der Waals surface area contributed by atoms with Crippen molar-refractivity contribution < 1.29 is 9.90 Å². The molecule has 0 radical (unpaired) electrons. The Morgan fingerprint density at radius 2 is 1.77 bits per heavy atom. The van der Waals surface area contributed by atoms with Gasteiger partial charge in [0.1, 0.15) is 5.75 Å². The molecule has 1 amide bonds. The topological polar surface area (TPSA) is 49.3 Å². The molecule has 0 spiro atoms. The number of hydrogen-bond donors (Lipinski definition) is 2. The van der Waals surface area contributed by atoms with Crippen LogP contribution in [0.1, 0.15) is 37.8 Å². The summed E-state index contributed by atoms with van der Waals surface area (Å²) >= 11 is 0. The number of benzene rings is 2. The summed E-state index contributed by atoms with van der Waals surface area (Å²) in [6.07, 6.45) is 1.05. The van der Waals surface area contributed by atoms with Crippen molar-refractivity contribution in [2.45, 2.75) is 33.1 Å². The van der Waals surface area contributed by atoms with Crippen LogP contribution in [-0.4, -0.2) is 11.0 Å². The fourth-order valence-corrected chi connectivity index (χ4v) is 2.40. The van der Waals surface area contributed by atoms with Crippen molar-refractivity contribution in [1.82, 2.24) is 0 Å². The summed E-state index contributed by atoms with van der Waals surface area (Å²) in [5, 5.41) is 12.3. The van der Waals surface area contributed by atoms with Crippen molar-refractivity contribution in [3.63, 3.8) is 0 Å². The van der Waals surface area contributed by atoms with Gasteiger partial charge in [-0.1, -0.05) is 44.2 Å². The number of phenols is 1. The molecule has 3 heteroatoms. The highest BCUT2D eigenvalue weighted by atomic mass is 16.3. The van der Waals surface area contributed by atoms with Gasteiger partial charge in [-0.25, -0.2) is 0 Å². The number of rotatable bonds is 5. The maximum atomic E-state index is 12.3. The van der Waals surface area contributed by atoms with Crippen LogP contribution >= 0.6 is 0 Å². The lowest BCUT2D eigenvalue weighted by molar-refractivity contribution is -0.117. The molecule has 22 heavy (non-hydrogen) atoms. The summed E-state index contributed by atoms with van der Waals surface area (Å²) in [6, 6.07) is 14.8. The summed E-state index contributed by atoms with van der Waals surface area (Å²) in [4.78, 5) is 12.3. The van der Waals surface area contributed by atoms with Crippen LogP contribution in [-0.2, 0) is 11.2 Å². The molecule has 0 aliphatic heterocycles. The van der Waals surface area contributed by atoms with Gasteiger partial charge in [-0.3, -0.25) is 4.79 Å². The zero-order chi connectivity index (χ0) is 16.1. The molecule has 1 atom stereocenters. The SMILES string of the molecule is CC(C)Cc1ccc([C@@H](C)C(=O)Nc2cccc(O)c2)cc1. The second-order valence-corrected chi connectivity index (χ2v) is 6.10. The minimum atomic E-state index is -0.240. The van der Waals surface area contributed by atoms with Crippen molar-refractivity contribution in [2.75, 3.05) is 5.32 Å². The number of amides is 1. The molecule has 2 rings (SSSR count). The summed E-state index contributed by atoms with van der Waals surface area (Å²) in [7, 11) is 0. The Bertz CT molecular complexity index is 632. The average Bonchev–Trinajstić information content (AvgIpc) is 2.46. The Labute approximate surface area is 132 Å². The largest absolute Gasteiger partial charge is 0.508 e. The molecule has 0 saturated carbocycles. The van der Waals surface area contributed by atoms with E-state index in [4.69, 9.17) is 0 Å². The van der Waals surface area contributed by atoms with Crippen molar-refractivity contribution in [3.05, 3.63) is 59.7 Å². The second kappa shape index (κ2) is 7.12. The van der Waals surface area contributed by atoms with Gasteiger partial charge in [0.05, 0.1) is 5.92 Å². The van der Waals surface area contributed by atoms with Crippen LogP contribution in [0.15, 0.2) is 48.5 Å². The maximum absolute atomic E-state index is 12.3. The van der Waals surface area contributed by atoms with Crippen LogP contribution < -0.4 is 5.32 Å². The van der Waals surface area contributed by atoms with Crippen molar-refractivity contribution in [2.24, 2.45) is 5.92 Å². The van der Waals surface area contributed by atoms with E-state index in [0.29, 0.717) is 11.6 Å². The minimum absolute atomic E-state index is 0.0813. The van der Waals surface area contributed by atoms with Gasteiger partial charge in [-0.05, 0) is 42.5 Å². The third-order valence-electron chi connectivity index (χ3n) is 3.63. The Kier molecular flexibility index (Phi) is 5.21. The van der Waals surface area contributed by atoms with Gasteiger partial charge >= 0.3 is 0 Å². The zero-order valence-electron chi connectivity index (χ0n) is 13.3. The van der Waals surface area contributed by atoms with Crippen molar-refractivity contribution >= 4 is 11.6 Å². The van der Waals surface area contributed by atoms with Gasteiger partial charge in [0.15, 0.2) is 0 Å². The fraction of sp³-hybridized carbons (Fsp3) is 0.316. The molecule has 116 valence electrons. The maximum Gasteiger partial charge on any atom is 0.231 e. The molecule has 0 fully saturated rings. The number of phenolic OH excluding ortho intramolecular Hbond substituents is 1. The minimum Gasteiger partial charge on any atom is -0.508 e. The van der Waals surface area contributed by atoms with Gasteiger partial charge in [0.25, 0.3) is 0 Å². The van der Waals surface area contributed by atoms with Crippen LogP contribution in [0, 0.1) is 5.92 Å². The number of anilines is 1. The van der Waals surface area contributed by atoms with E-state index >= 15 is 0 Å². The Hall–Kier alpha value is -2.29. The lowest BCUT2D eigenvalue weighted by atomic mass is 9.96. The zero-order valence-corrected chi connectivity index (χ0v) is 13.3. The molecule has 2 aromatic carbocycles. The normalized spacial score (nSPS) is 12.2. The van der Waals surface area contributed by atoms with Crippen LogP contribution in [0.25, 0.3) is 0 Å². The van der Waals surface area contributed by atoms with Gasteiger partial charge in [0.2, 0.25) is 5.91 Å². The van der Waals surface area contributed by atoms with Gasteiger partial charge < -0.3 is 10.4 Å². The van der Waals surface area contributed by atoms with Gasteiger partial charge in [-0.15, -0.1) is 0 Å². The van der Waals surface area contributed by atoms with Crippen molar-refractivity contribution in [1.29, 1.82) is 0 Å². The third-order valence-corrected chi connectivity index (χ3v) is 3.63. The Morgan fingerprint density at radius 1 is 1.09 bits per heavy atom. The molecule has 0 aromatic heterocycles. The molecule has 0 aliphatic carbocycles. The summed E-state index contributed by atoms with van der Waals surface area (Å²) < 4.78 is 0. The highest BCUT2D eigenvalue weighted by Crippen LogP contribution is 2.21. The van der Waals surface area contributed by atoms with E-state index in [1.807, 2.05) is 19.1 Å². The monoisotopic (exact) mass is 297 g/mol. The number of carbonyl (C=O) groups is 1. The molecule has 0 unspecified atom stereocenters. The van der Waals surface area contributed by atoms with Crippen molar-refractivity contribution in [3.8, 4) is 5.75 Å². The summed E-state index contributed by atoms with van der Waals surface area (Å²) in [5.74, 6) is 0.443. The number of nitrogens with one attached hydrogen (secondary N) is 1. The summed E-state index contributed by atoms with van der Waals surface area (Å²) in [5.41, 5.74) is 2.89. The molecule has 0 aliphatic rings. The first-order valence-corrected chi connectivity index (χ1v) is 7.64. The van der Waals surface area contributed by atoms with E-state index < -0.39 is 0 Å². The Morgan fingerprint density at radius 3 is 2.36 bits per heavy atom. The van der Waals surface area contributed by atoms with E-state index in [9.17, 15) is 9.90 Å². The van der Waals surface area contributed by atoms with Crippen LogP contribution in [0.4, 0.5) is 5.69 Å². The first kappa shape index (κ1) is 16.1. The highest BCUT2D eigenvalue weighted by molar-refractivity contribution is 5.95. The molecular formula is C19H23NO2. The van der Waals surface area contributed by atoms with Crippen LogP contribution in [0.3, 0.4) is 0 Å². The average molecular weight is 297 g/mol. The van der Waals surface area contributed by atoms with E-state index in [2.05, 4.69) is 31.3 Å². The number of aromatic hydroxyl groups is 1. The second-order valence-electron chi connectivity index (χ2n) is 6.10. The molecule has 2 N–H and O–H groups in total. The molecule has 2 aromatic rings. The lowest BCUT2D eigenvalue weighted by Crippen LogP contribution is -2.18. The van der Waals surface area contributed by atoms with Crippen LogP contribution in [0.2, 0.25) is 0 Å². The molecule has 0 saturated heterocycles. The van der Waals surface area contributed by atoms with E-state index in [-0.39, 0.29) is 17.6 Å². The van der Waals surface area contributed by atoms with E-state index in [0.717, 1.165) is 12.0 Å². The standard InChI is InChI=1S/C19H23NO2/c1-13(2)11-15-7-9-16(10-8-15)14(3)19(22)20-17-5-4-6-18(21)12-17/h4-10,12-14,21H,11H2,1-3H3,(H,20,22)/t14-/m1/s1.